The van der Waals surface area contributed by atoms with Crippen LogP contribution in [0.5, 0.6) is 0 Å². The Kier molecular flexibility index (Phi) is 1.76. The lowest BCUT2D eigenvalue weighted by Gasteiger charge is -2.36. The van der Waals surface area contributed by atoms with Crippen LogP contribution in [0.1, 0.15) is 19.8 Å². The van der Waals surface area contributed by atoms with Gasteiger partial charge in [0.15, 0.2) is 0 Å². The van der Waals surface area contributed by atoms with E-state index < -0.39 is 0 Å². The minimum absolute atomic E-state index is 0.315. The second-order valence-electron chi connectivity index (χ2n) is 4.50. The van der Waals surface area contributed by atoms with Crippen LogP contribution in [0.4, 0.5) is 0 Å². The van der Waals surface area contributed by atoms with E-state index >= 15 is 0 Å². The van der Waals surface area contributed by atoms with Crippen LogP contribution < -0.4 is 0 Å². The fraction of sp³-hybridized carbons (Fsp3) is 0.583. The summed E-state index contributed by atoms with van der Waals surface area (Å²) in [7, 11) is 0. The molecular weight excluding hydrogens is 174 g/mol. The summed E-state index contributed by atoms with van der Waals surface area (Å²) in [4.78, 5) is 5.54. The summed E-state index contributed by atoms with van der Waals surface area (Å²) in [6.45, 7) is 2.09. The molecule has 1 saturated carbocycles. The van der Waals surface area contributed by atoms with Gasteiger partial charge in [-0.15, -0.1) is 0 Å². The Morgan fingerprint density at radius 1 is 1.29 bits per heavy atom. The van der Waals surface area contributed by atoms with E-state index in [-0.39, 0.29) is 0 Å². The number of hydrogen-bond donors (Lipinski definition) is 0. The number of rotatable bonds is 0. The summed E-state index contributed by atoms with van der Waals surface area (Å²) >= 11 is 0. The van der Waals surface area contributed by atoms with Gasteiger partial charge in [-0.3, -0.25) is 0 Å². The first-order chi connectivity index (χ1) is 6.86. The minimum atomic E-state index is 0.315. The molecule has 3 aliphatic rings. The lowest BCUT2D eigenvalue weighted by molar-refractivity contribution is -0.00169. The van der Waals surface area contributed by atoms with Crippen LogP contribution in [0.15, 0.2) is 29.5 Å². The summed E-state index contributed by atoms with van der Waals surface area (Å²) < 4.78 is 0. The third-order valence-electron chi connectivity index (χ3n) is 3.74. The van der Waals surface area contributed by atoms with Crippen molar-refractivity contribution in [2.45, 2.75) is 25.9 Å². The first kappa shape index (κ1) is 8.27. The molecule has 74 valence electrons. The fourth-order valence-corrected chi connectivity index (χ4v) is 2.92. The van der Waals surface area contributed by atoms with Gasteiger partial charge in [0.2, 0.25) is 0 Å². The van der Waals surface area contributed by atoms with Crippen molar-refractivity contribution < 1.29 is 4.84 Å². The second-order valence-corrected chi connectivity index (χ2v) is 4.50. The van der Waals surface area contributed by atoms with E-state index in [0.717, 1.165) is 0 Å². The Labute approximate surface area is 84.3 Å². The second kappa shape index (κ2) is 2.97. The molecule has 0 bridgehead atoms. The largest absolute Gasteiger partial charge is 0.391 e. The Balaban J connectivity index is 1.87. The van der Waals surface area contributed by atoms with Crippen LogP contribution in [0, 0.1) is 17.8 Å². The molecule has 2 aliphatic carbocycles. The van der Waals surface area contributed by atoms with Crippen molar-refractivity contribution in [3.8, 4) is 0 Å². The average molecular weight is 189 g/mol. The Bertz CT molecular complexity index is 329. The highest BCUT2D eigenvalue weighted by atomic mass is 16.6. The summed E-state index contributed by atoms with van der Waals surface area (Å²) in [5.74, 6) is 1.81. The molecule has 0 N–H and O–H groups in total. The monoisotopic (exact) mass is 189 g/mol. The topological polar surface area (TPSA) is 21.6 Å². The van der Waals surface area contributed by atoms with Gasteiger partial charge < -0.3 is 4.84 Å². The molecule has 14 heavy (non-hydrogen) atoms. The van der Waals surface area contributed by atoms with E-state index in [1.807, 2.05) is 0 Å². The molecule has 0 aromatic heterocycles. The van der Waals surface area contributed by atoms with E-state index in [4.69, 9.17) is 4.84 Å². The molecule has 2 heteroatoms. The smallest absolute Gasteiger partial charge is 0.142 e. The van der Waals surface area contributed by atoms with E-state index in [9.17, 15) is 0 Å². The number of allylic oxidation sites excluding steroid dienone is 3. The van der Waals surface area contributed by atoms with Gasteiger partial charge in [-0.1, -0.05) is 29.5 Å². The van der Waals surface area contributed by atoms with Crippen molar-refractivity contribution in [2.24, 2.45) is 22.9 Å². The maximum absolute atomic E-state index is 5.54. The summed E-state index contributed by atoms with van der Waals surface area (Å²) in [6.07, 6.45) is 11.7. The number of fused-ring (bicyclic) bond motifs is 3. The van der Waals surface area contributed by atoms with Crippen LogP contribution in [-0.2, 0) is 4.84 Å². The van der Waals surface area contributed by atoms with Gasteiger partial charge in [0, 0.05) is 11.8 Å². The molecule has 0 amide bonds. The number of oxime groups is 1. The van der Waals surface area contributed by atoms with E-state index in [2.05, 4.69) is 36.4 Å². The highest BCUT2D eigenvalue weighted by Crippen LogP contribution is 2.42. The SMILES string of the molecule is CC1=NOC2C1CCC1C=CC=C[C@@H]12. The lowest BCUT2D eigenvalue weighted by Crippen LogP contribution is -2.38. The number of hydrogen-bond acceptors (Lipinski definition) is 2. The Hall–Kier alpha value is -1.05. The van der Waals surface area contributed by atoms with E-state index in [0.29, 0.717) is 23.9 Å². The summed E-state index contributed by atoms with van der Waals surface area (Å²) in [6, 6.07) is 0. The maximum atomic E-state index is 5.54. The molecule has 3 unspecified atom stereocenters. The quantitative estimate of drug-likeness (QED) is 0.574. The van der Waals surface area contributed by atoms with Gasteiger partial charge >= 0.3 is 0 Å². The normalized spacial score (nSPS) is 43.9. The van der Waals surface area contributed by atoms with Gasteiger partial charge in [-0.25, -0.2) is 0 Å². The lowest BCUT2D eigenvalue weighted by atomic mass is 9.69. The molecule has 3 rings (SSSR count). The third kappa shape index (κ3) is 1.06. The Morgan fingerprint density at radius 2 is 2.14 bits per heavy atom. The molecule has 0 spiro atoms. The van der Waals surface area contributed by atoms with Crippen molar-refractivity contribution in [3.63, 3.8) is 0 Å². The maximum Gasteiger partial charge on any atom is 0.142 e. The highest BCUT2D eigenvalue weighted by Gasteiger charge is 2.43. The van der Waals surface area contributed by atoms with Gasteiger partial charge in [0.25, 0.3) is 0 Å². The predicted octanol–water partition coefficient (Wildman–Crippen LogP) is 2.53. The Morgan fingerprint density at radius 3 is 3.07 bits per heavy atom. The molecule has 0 aromatic rings. The predicted molar refractivity (Wildman–Crippen MR) is 56.0 cm³/mol. The number of nitrogens with zero attached hydrogens (tertiary/aromatic N) is 1. The standard InChI is InChI=1S/C12H15NO/c1-8-10-7-6-9-4-2-3-5-11(9)12(10)14-13-8/h2-5,9-12H,6-7H2,1H3/t9?,10?,11-,12?/m0/s1. The van der Waals surface area contributed by atoms with Crippen molar-refractivity contribution in [1.82, 2.24) is 0 Å². The minimum Gasteiger partial charge on any atom is -0.391 e. The molecule has 0 aromatic carbocycles. The fourth-order valence-electron chi connectivity index (χ4n) is 2.92. The van der Waals surface area contributed by atoms with Crippen molar-refractivity contribution in [3.05, 3.63) is 24.3 Å². The summed E-state index contributed by atoms with van der Waals surface area (Å²) in [5, 5.41) is 4.13. The highest BCUT2D eigenvalue weighted by molar-refractivity contribution is 5.85. The van der Waals surface area contributed by atoms with Gasteiger partial charge in [0.05, 0.1) is 5.71 Å². The molecule has 2 nitrogen and oxygen atoms in total. The van der Waals surface area contributed by atoms with Crippen molar-refractivity contribution in [2.75, 3.05) is 0 Å². The van der Waals surface area contributed by atoms with E-state index in [1.165, 1.54) is 18.6 Å². The van der Waals surface area contributed by atoms with Crippen LogP contribution in [0.3, 0.4) is 0 Å². The van der Waals surface area contributed by atoms with Crippen LogP contribution in [0.25, 0.3) is 0 Å². The average Bonchev–Trinajstić information content (AvgIpc) is 2.61. The summed E-state index contributed by atoms with van der Waals surface area (Å²) in [5.41, 5.74) is 1.19. The first-order valence-corrected chi connectivity index (χ1v) is 5.41. The van der Waals surface area contributed by atoms with Gasteiger partial charge in [-0.2, -0.15) is 0 Å². The van der Waals surface area contributed by atoms with E-state index in [1.54, 1.807) is 0 Å². The molecule has 0 saturated heterocycles. The van der Waals surface area contributed by atoms with Crippen molar-refractivity contribution >= 4 is 5.71 Å². The molecule has 0 radical (unpaired) electrons. The third-order valence-corrected chi connectivity index (χ3v) is 3.74. The molecule has 1 aliphatic heterocycles. The van der Waals surface area contributed by atoms with Crippen LogP contribution in [-0.4, -0.2) is 11.8 Å². The molecule has 4 atom stereocenters. The van der Waals surface area contributed by atoms with Crippen molar-refractivity contribution in [1.29, 1.82) is 0 Å². The zero-order chi connectivity index (χ0) is 9.54. The zero-order valence-electron chi connectivity index (χ0n) is 8.39. The van der Waals surface area contributed by atoms with Gasteiger partial charge in [-0.05, 0) is 25.7 Å². The zero-order valence-corrected chi connectivity index (χ0v) is 8.39. The first-order valence-electron chi connectivity index (χ1n) is 5.41. The molecular formula is C12H15NO. The van der Waals surface area contributed by atoms with Crippen LogP contribution >= 0.6 is 0 Å². The van der Waals surface area contributed by atoms with Gasteiger partial charge in [0.1, 0.15) is 6.10 Å². The molecule has 1 fully saturated rings. The molecule has 1 heterocycles. The van der Waals surface area contributed by atoms with Crippen LogP contribution in [0.2, 0.25) is 0 Å².